The summed E-state index contributed by atoms with van der Waals surface area (Å²) >= 11 is 0. The molecule has 2 aliphatic carbocycles. The molecular weight excluding hydrogens is 268 g/mol. The van der Waals surface area contributed by atoms with E-state index in [-0.39, 0.29) is 17.7 Å². The predicted octanol–water partition coefficient (Wildman–Crippen LogP) is 1.57. The molecule has 0 spiro atoms. The number of nitrogens with zero attached hydrogens (tertiary/aromatic N) is 2. The van der Waals surface area contributed by atoms with Gasteiger partial charge in [0.05, 0.1) is 5.92 Å². The van der Waals surface area contributed by atoms with Gasteiger partial charge in [-0.15, -0.1) is 0 Å². The van der Waals surface area contributed by atoms with Crippen LogP contribution in [-0.2, 0) is 9.59 Å². The highest BCUT2D eigenvalue weighted by Crippen LogP contribution is 2.33. The highest BCUT2D eigenvalue weighted by atomic mass is 16.4. The average Bonchev–Trinajstić information content (AvgIpc) is 3.18. The van der Waals surface area contributed by atoms with Crippen molar-refractivity contribution >= 4 is 11.9 Å². The van der Waals surface area contributed by atoms with Gasteiger partial charge in [-0.05, 0) is 32.1 Å². The molecule has 1 saturated heterocycles. The number of amides is 1. The van der Waals surface area contributed by atoms with E-state index in [9.17, 15) is 9.59 Å². The molecule has 21 heavy (non-hydrogen) atoms. The third-order valence-electron chi connectivity index (χ3n) is 5.60. The number of piperazine rings is 1. The van der Waals surface area contributed by atoms with Crippen molar-refractivity contribution in [3.05, 3.63) is 0 Å². The summed E-state index contributed by atoms with van der Waals surface area (Å²) in [7, 11) is 0. The van der Waals surface area contributed by atoms with Gasteiger partial charge in [0.25, 0.3) is 0 Å². The molecule has 3 aliphatic rings. The first-order valence-electron chi connectivity index (χ1n) is 8.41. The van der Waals surface area contributed by atoms with Gasteiger partial charge in [0, 0.05) is 38.1 Å². The second kappa shape index (κ2) is 6.34. The molecule has 0 radical (unpaired) electrons. The zero-order valence-electron chi connectivity index (χ0n) is 12.7. The first-order chi connectivity index (χ1) is 10.1. The number of carbonyl (C=O) groups excluding carboxylic acids is 1. The molecular formula is C16H26N2O3. The van der Waals surface area contributed by atoms with Crippen LogP contribution in [-0.4, -0.2) is 59.0 Å². The van der Waals surface area contributed by atoms with Crippen LogP contribution in [0.5, 0.6) is 0 Å². The zero-order valence-corrected chi connectivity index (χ0v) is 12.7. The second-order valence-electron chi connectivity index (χ2n) is 6.84. The van der Waals surface area contributed by atoms with Crippen molar-refractivity contribution in [1.29, 1.82) is 0 Å². The Kier molecular flexibility index (Phi) is 4.48. The fourth-order valence-electron chi connectivity index (χ4n) is 4.27. The Morgan fingerprint density at radius 3 is 2.05 bits per heavy atom. The van der Waals surface area contributed by atoms with E-state index < -0.39 is 5.97 Å². The third-order valence-corrected chi connectivity index (χ3v) is 5.60. The van der Waals surface area contributed by atoms with E-state index in [4.69, 9.17) is 5.11 Å². The summed E-state index contributed by atoms with van der Waals surface area (Å²) < 4.78 is 0. The zero-order chi connectivity index (χ0) is 14.8. The summed E-state index contributed by atoms with van der Waals surface area (Å²) in [5.74, 6) is -0.899. The van der Waals surface area contributed by atoms with Crippen molar-refractivity contribution in [3.63, 3.8) is 0 Å². The standard InChI is InChI=1S/C16H26N2O3/c19-15(12-5-6-13(11-12)16(20)21)18-9-7-17(8-10-18)14-3-1-2-4-14/h12-14H,1-11H2,(H,20,21)/t12-,13+/m1/s1. The highest BCUT2D eigenvalue weighted by Gasteiger charge is 2.37. The molecule has 0 aromatic heterocycles. The van der Waals surface area contributed by atoms with Gasteiger partial charge in [0.15, 0.2) is 0 Å². The molecule has 1 amide bonds. The maximum atomic E-state index is 12.5. The van der Waals surface area contributed by atoms with Crippen molar-refractivity contribution in [2.24, 2.45) is 11.8 Å². The minimum atomic E-state index is -0.739. The molecule has 0 unspecified atom stereocenters. The average molecular weight is 294 g/mol. The van der Waals surface area contributed by atoms with E-state index in [2.05, 4.69) is 4.90 Å². The van der Waals surface area contributed by atoms with Gasteiger partial charge >= 0.3 is 5.97 Å². The Bertz CT molecular complexity index is 398. The lowest BCUT2D eigenvalue weighted by Gasteiger charge is -2.39. The summed E-state index contributed by atoms with van der Waals surface area (Å²) in [6.45, 7) is 3.63. The predicted molar refractivity (Wildman–Crippen MR) is 78.9 cm³/mol. The molecule has 0 aromatic rings. The van der Waals surface area contributed by atoms with E-state index in [0.717, 1.165) is 38.6 Å². The Morgan fingerprint density at radius 2 is 1.48 bits per heavy atom. The van der Waals surface area contributed by atoms with Crippen molar-refractivity contribution in [2.45, 2.75) is 51.0 Å². The number of carboxylic acid groups (broad SMARTS) is 1. The molecule has 1 heterocycles. The molecule has 5 nitrogen and oxygen atoms in total. The largest absolute Gasteiger partial charge is 0.481 e. The van der Waals surface area contributed by atoms with Gasteiger partial charge in [-0.2, -0.15) is 0 Å². The minimum Gasteiger partial charge on any atom is -0.481 e. The second-order valence-corrected chi connectivity index (χ2v) is 6.84. The van der Waals surface area contributed by atoms with E-state index in [0.29, 0.717) is 12.8 Å². The van der Waals surface area contributed by atoms with Crippen LogP contribution >= 0.6 is 0 Å². The van der Waals surface area contributed by atoms with E-state index in [1.54, 1.807) is 0 Å². The molecule has 3 rings (SSSR count). The van der Waals surface area contributed by atoms with Crippen LogP contribution in [0.1, 0.15) is 44.9 Å². The lowest BCUT2D eigenvalue weighted by Crippen LogP contribution is -2.52. The van der Waals surface area contributed by atoms with Crippen LogP contribution in [0.3, 0.4) is 0 Å². The lowest BCUT2D eigenvalue weighted by molar-refractivity contribution is -0.142. The monoisotopic (exact) mass is 294 g/mol. The van der Waals surface area contributed by atoms with Crippen LogP contribution in [0, 0.1) is 11.8 Å². The number of aliphatic carboxylic acids is 1. The Hall–Kier alpha value is -1.10. The molecule has 0 aromatic carbocycles. The molecule has 1 aliphatic heterocycles. The number of carbonyl (C=O) groups is 2. The van der Waals surface area contributed by atoms with Crippen LogP contribution < -0.4 is 0 Å². The summed E-state index contributed by atoms with van der Waals surface area (Å²) in [6.07, 6.45) is 7.28. The normalized spacial score (nSPS) is 31.7. The maximum Gasteiger partial charge on any atom is 0.306 e. The fourth-order valence-corrected chi connectivity index (χ4v) is 4.27. The highest BCUT2D eigenvalue weighted by molar-refractivity contribution is 5.81. The topological polar surface area (TPSA) is 60.9 Å². The molecule has 118 valence electrons. The Labute approximate surface area is 126 Å². The van der Waals surface area contributed by atoms with Crippen LogP contribution in [0.4, 0.5) is 0 Å². The summed E-state index contributed by atoms with van der Waals surface area (Å²) in [5, 5.41) is 9.05. The van der Waals surface area contributed by atoms with Gasteiger partial charge in [-0.1, -0.05) is 12.8 Å². The number of hydrogen-bond donors (Lipinski definition) is 1. The summed E-state index contributed by atoms with van der Waals surface area (Å²) in [5.41, 5.74) is 0. The fraction of sp³-hybridized carbons (Fsp3) is 0.875. The van der Waals surface area contributed by atoms with E-state index >= 15 is 0 Å². The molecule has 2 saturated carbocycles. The molecule has 3 fully saturated rings. The quantitative estimate of drug-likeness (QED) is 0.858. The lowest BCUT2D eigenvalue weighted by atomic mass is 10.0. The van der Waals surface area contributed by atoms with Crippen molar-refractivity contribution in [1.82, 2.24) is 9.80 Å². The van der Waals surface area contributed by atoms with Gasteiger partial charge in [0.2, 0.25) is 5.91 Å². The van der Waals surface area contributed by atoms with Crippen LogP contribution in [0.2, 0.25) is 0 Å². The smallest absolute Gasteiger partial charge is 0.306 e. The first kappa shape index (κ1) is 14.8. The summed E-state index contributed by atoms with van der Waals surface area (Å²) in [4.78, 5) is 28.0. The van der Waals surface area contributed by atoms with Crippen LogP contribution in [0.15, 0.2) is 0 Å². The van der Waals surface area contributed by atoms with Crippen LogP contribution in [0.25, 0.3) is 0 Å². The van der Waals surface area contributed by atoms with Crippen molar-refractivity contribution in [3.8, 4) is 0 Å². The molecule has 2 atom stereocenters. The van der Waals surface area contributed by atoms with Gasteiger partial charge in [0.1, 0.15) is 0 Å². The number of carboxylic acids is 1. The van der Waals surface area contributed by atoms with Gasteiger partial charge in [-0.25, -0.2) is 0 Å². The van der Waals surface area contributed by atoms with E-state index in [1.807, 2.05) is 4.90 Å². The minimum absolute atomic E-state index is 0.0517. The van der Waals surface area contributed by atoms with Crippen molar-refractivity contribution < 1.29 is 14.7 Å². The molecule has 5 heteroatoms. The van der Waals surface area contributed by atoms with Gasteiger partial charge < -0.3 is 10.0 Å². The summed E-state index contributed by atoms with van der Waals surface area (Å²) in [6, 6.07) is 0.741. The number of hydrogen-bond acceptors (Lipinski definition) is 3. The van der Waals surface area contributed by atoms with Gasteiger partial charge in [-0.3, -0.25) is 14.5 Å². The van der Waals surface area contributed by atoms with E-state index in [1.165, 1.54) is 25.7 Å². The first-order valence-corrected chi connectivity index (χ1v) is 8.41. The number of rotatable bonds is 3. The Morgan fingerprint density at radius 1 is 0.857 bits per heavy atom. The SMILES string of the molecule is O=C(O)[C@H]1CC[C@@H](C(=O)N2CCN(C3CCCC3)CC2)C1. The van der Waals surface area contributed by atoms with Crippen molar-refractivity contribution in [2.75, 3.05) is 26.2 Å². The Balaban J connectivity index is 1.48. The molecule has 1 N–H and O–H groups in total. The molecule has 0 bridgehead atoms. The maximum absolute atomic E-state index is 12.5. The third kappa shape index (κ3) is 3.23.